The maximum atomic E-state index is 13.0. The molecule has 4 rings (SSSR count). The first-order chi connectivity index (χ1) is 17.7. The van der Waals surface area contributed by atoms with E-state index >= 15 is 0 Å². The highest BCUT2D eigenvalue weighted by molar-refractivity contribution is 6.48. The van der Waals surface area contributed by atoms with Gasteiger partial charge in [0.2, 0.25) is 0 Å². The Labute approximate surface area is 218 Å². The number of imide groups is 1. The van der Waals surface area contributed by atoms with Crippen molar-refractivity contribution >= 4 is 46.7 Å². The van der Waals surface area contributed by atoms with E-state index in [9.17, 15) is 19.2 Å². The molecule has 2 N–H and O–H groups in total. The van der Waals surface area contributed by atoms with Gasteiger partial charge in [-0.1, -0.05) is 60.1 Å². The second-order valence-electron chi connectivity index (χ2n) is 8.53. The summed E-state index contributed by atoms with van der Waals surface area (Å²) in [6, 6.07) is 22.0. The lowest BCUT2D eigenvalue weighted by Crippen LogP contribution is -2.31. The van der Waals surface area contributed by atoms with Crippen molar-refractivity contribution in [2.75, 3.05) is 10.6 Å². The molecule has 8 nitrogen and oxygen atoms in total. The summed E-state index contributed by atoms with van der Waals surface area (Å²) in [4.78, 5) is 52.0. The van der Waals surface area contributed by atoms with Crippen LogP contribution in [0, 0.1) is 0 Å². The van der Waals surface area contributed by atoms with Crippen LogP contribution >= 0.6 is 11.6 Å². The summed E-state index contributed by atoms with van der Waals surface area (Å²) >= 11 is 6.21. The molecule has 0 spiro atoms. The Kier molecular flexibility index (Phi) is 7.69. The van der Waals surface area contributed by atoms with Crippen molar-refractivity contribution in [3.63, 3.8) is 0 Å². The highest BCUT2D eigenvalue weighted by Gasteiger charge is 2.37. The van der Waals surface area contributed by atoms with Crippen molar-refractivity contribution in [2.45, 2.75) is 26.5 Å². The van der Waals surface area contributed by atoms with E-state index in [2.05, 4.69) is 10.6 Å². The van der Waals surface area contributed by atoms with E-state index in [4.69, 9.17) is 16.3 Å². The summed E-state index contributed by atoms with van der Waals surface area (Å²) < 4.78 is 5.25. The molecule has 0 fully saturated rings. The zero-order chi connectivity index (χ0) is 26.5. The van der Waals surface area contributed by atoms with Crippen molar-refractivity contribution in [2.24, 2.45) is 0 Å². The van der Waals surface area contributed by atoms with Crippen LogP contribution in [-0.4, -0.2) is 34.7 Å². The standard InChI is InChI=1S/C28H24ClN3O5/c1-17(2)37-28(36)21-13-6-7-14-22(21)31-25(33)19-11-8-12-20(15-19)30-24-23(29)26(34)32(27(24)35)16-18-9-4-3-5-10-18/h3-15,17,30H,16H2,1-2H3,(H,31,33). The lowest BCUT2D eigenvalue weighted by atomic mass is 10.1. The Bertz CT molecular complexity index is 1400. The van der Waals surface area contributed by atoms with Crippen molar-refractivity contribution in [1.29, 1.82) is 0 Å². The van der Waals surface area contributed by atoms with Gasteiger partial charge in [-0.2, -0.15) is 0 Å². The number of hydrogen-bond acceptors (Lipinski definition) is 6. The molecule has 188 valence electrons. The van der Waals surface area contributed by atoms with E-state index in [1.54, 1.807) is 56.3 Å². The fourth-order valence-electron chi connectivity index (χ4n) is 3.69. The summed E-state index contributed by atoms with van der Waals surface area (Å²) in [5, 5.41) is 5.38. The number of amides is 3. The monoisotopic (exact) mass is 517 g/mol. The van der Waals surface area contributed by atoms with Crippen LogP contribution in [0.5, 0.6) is 0 Å². The van der Waals surface area contributed by atoms with Crippen molar-refractivity contribution in [3.8, 4) is 0 Å². The fraction of sp³-hybridized carbons (Fsp3) is 0.143. The van der Waals surface area contributed by atoms with Gasteiger partial charge < -0.3 is 15.4 Å². The molecule has 9 heteroatoms. The summed E-state index contributed by atoms with van der Waals surface area (Å²) in [6.07, 6.45) is -0.311. The summed E-state index contributed by atoms with van der Waals surface area (Å²) in [7, 11) is 0. The zero-order valence-corrected chi connectivity index (χ0v) is 20.9. The number of nitrogens with zero attached hydrogens (tertiary/aromatic N) is 1. The quantitative estimate of drug-likeness (QED) is 0.324. The Hall–Kier alpha value is -4.43. The maximum absolute atomic E-state index is 13.0. The number of anilines is 2. The number of esters is 1. The van der Waals surface area contributed by atoms with Gasteiger partial charge in [0.15, 0.2) is 0 Å². The number of carbonyl (C=O) groups is 4. The van der Waals surface area contributed by atoms with E-state index in [0.29, 0.717) is 11.4 Å². The Morgan fingerprint density at radius 1 is 0.919 bits per heavy atom. The average molecular weight is 518 g/mol. The molecule has 37 heavy (non-hydrogen) atoms. The van der Waals surface area contributed by atoms with Crippen LogP contribution in [0.4, 0.5) is 11.4 Å². The predicted octanol–water partition coefficient (Wildman–Crippen LogP) is 4.94. The van der Waals surface area contributed by atoms with Crippen LogP contribution in [-0.2, 0) is 20.9 Å². The Balaban J connectivity index is 1.49. The molecule has 0 atom stereocenters. The maximum Gasteiger partial charge on any atom is 0.340 e. The van der Waals surface area contributed by atoms with E-state index < -0.39 is 23.7 Å². The molecule has 0 saturated carbocycles. The smallest absolute Gasteiger partial charge is 0.340 e. The van der Waals surface area contributed by atoms with Gasteiger partial charge in [-0.3, -0.25) is 19.3 Å². The molecule has 1 aliphatic heterocycles. The first kappa shape index (κ1) is 25.7. The van der Waals surface area contributed by atoms with Crippen molar-refractivity contribution in [1.82, 2.24) is 4.90 Å². The van der Waals surface area contributed by atoms with Gasteiger partial charge in [0.25, 0.3) is 17.7 Å². The molecular weight excluding hydrogens is 494 g/mol. The Morgan fingerprint density at radius 2 is 1.62 bits per heavy atom. The minimum Gasteiger partial charge on any atom is -0.459 e. The first-order valence-corrected chi connectivity index (χ1v) is 11.9. The largest absolute Gasteiger partial charge is 0.459 e. The first-order valence-electron chi connectivity index (χ1n) is 11.5. The molecular formula is C28H24ClN3O5. The van der Waals surface area contributed by atoms with E-state index in [-0.39, 0.29) is 34.5 Å². The minimum atomic E-state index is -0.600. The molecule has 1 aliphatic rings. The minimum absolute atomic E-state index is 0.0677. The molecule has 1 heterocycles. The van der Waals surface area contributed by atoms with Crippen LogP contribution in [0.2, 0.25) is 0 Å². The van der Waals surface area contributed by atoms with Gasteiger partial charge in [-0.15, -0.1) is 0 Å². The van der Waals surface area contributed by atoms with Gasteiger partial charge in [0, 0.05) is 11.3 Å². The van der Waals surface area contributed by atoms with E-state index in [1.165, 1.54) is 6.07 Å². The van der Waals surface area contributed by atoms with Gasteiger partial charge in [-0.25, -0.2) is 4.79 Å². The summed E-state index contributed by atoms with van der Waals surface area (Å²) in [5.74, 6) is -2.19. The van der Waals surface area contributed by atoms with Crippen molar-refractivity contribution in [3.05, 3.63) is 106 Å². The van der Waals surface area contributed by atoms with Crippen molar-refractivity contribution < 1.29 is 23.9 Å². The molecule has 3 aromatic rings. The molecule has 0 bridgehead atoms. The molecule has 0 radical (unpaired) electrons. The molecule has 0 aromatic heterocycles. The highest BCUT2D eigenvalue weighted by Crippen LogP contribution is 2.27. The fourth-order valence-corrected chi connectivity index (χ4v) is 3.92. The van der Waals surface area contributed by atoms with E-state index in [1.807, 2.05) is 30.3 Å². The predicted molar refractivity (Wildman–Crippen MR) is 140 cm³/mol. The molecule has 0 unspecified atom stereocenters. The molecule has 0 aliphatic carbocycles. The second kappa shape index (κ2) is 11.1. The zero-order valence-electron chi connectivity index (χ0n) is 20.2. The number of halogens is 1. The lowest BCUT2D eigenvalue weighted by molar-refractivity contribution is -0.138. The number of para-hydroxylation sites is 1. The normalized spacial score (nSPS) is 13.2. The van der Waals surface area contributed by atoms with Crippen LogP contribution in [0.3, 0.4) is 0 Å². The van der Waals surface area contributed by atoms with Crippen LogP contribution < -0.4 is 10.6 Å². The second-order valence-corrected chi connectivity index (χ2v) is 8.91. The number of ether oxygens (including phenoxy) is 1. The van der Waals surface area contributed by atoms with Gasteiger partial charge >= 0.3 is 5.97 Å². The SMILES string of the molecule is CC(C)OC(=O)c1ccccc1NC(=O)c1cccc(NC2=C(Cl)C(=O)N(Cc3ccccc3)C2=O)c1. The van der Waals surface area contributed by atoms with Crippen LogP contribution in [0.15, 0.2) is 89.6 Å². The Morgan fingerprint density at radius 3 is 2.35 bits per heavy atom. The number of nitrogens with one attached hydrogen (secondary N) is 2. The van der Waals surface area contributed by atoms with Gasteiger partial charge in [-0.05, 0) is 49.7 Å². The third-order valence-electron chi connectivity index (χ3n) is 5.43. The molecule has 3 aromatic carbocycles. The molecule has 0 saturated heterocycles. The number of benzene rings is 3. The topological polar surface area (TPSA) is 105 Å². The van der Waals surface area contributed by atoms with Gasteiger partial charge in [0.05, 0.1) is 23.9 Å². The van der Waals surface area contributed by atoms with Gasteiger partial charge in [0.1, 0.15) is 10.7 Å². The average Bonchev–Trinajstić information content (AvgIpc) is 3.08. The summed E-state index contributed by atoms with van der Waals surface area (Å²) in [5.41, 5.74) is 1.88. The number of rotatable bonds is 8. The third kappa shape index (κ3) is 5.87. The third-order valence-corrected chi connectivity index (χ3v) is 5.78. The number of hydrogen-bond donors (Lipinski definition) is 2. The highest BCUT2D eigenvalue weighted by atomic mass is 35.5. The lowest BCUT2D eigenvalue weighted by Gasteiger charge is -2.15. The van der Waals surface area contributed by atoms with E-state index in [0.717, 1.165) is 10.5 Å². The summed E-state index contributed by atoms with van der Waals surface area (Å²) in [6.45, 7) is 3.56. The number of carbonyl (C=O) groups excluding carboxylic acids is 4. The van der Waals surface area contributed by atoms with Crippen LogP contribution in [0.1, 0.15) is 40.1 Å². The van der Waals surface area contributed by atoms with Crippen LogP contribution in [0.25, 0.3) is 0 Å². The molecule has 3 amide bonds.